The number of nitrogens with zero attached hydrogens (tertiary/aromatic N) is 1. The minimum absolute atomic E-state index is 0.0757. The molecule has 5 nitrogen and oxygen atoms in total. The van der Waals surface area contributed by atoms with Crippen molar-refractivity contribution >= 4 is 45.7 Å². The van der Waals surface area contributed by atoms with Crippen molar-refractivity contribution < 1.29 is 14.3 Å². The summed E-state index contributed by atoms with van der Waals surface area (Å²) >= 11 is 6.06. The topological polar surface area (TPSA) is 60.5 Å². The van der Waals surface area contributed by atoms with E-state index in [1.807, 2.05) is 54.6 Å². The Morgan fingerprint density at radius 1 is 0.968 bits per heavy atom. The summed E-state index contributed by atoms with van der Waals surface area (Å²) in [7, 11) is 0. The van der Waals surface area contributed by atoms with Crippen LogP contribution in [0.2, 0.25) is 5.02 Å². The fourth-order valence-corrected chi connectivity index (χ4v) is 3.55. The van der Waals surface area contributed by atoms with Crippen LogP contribution >= 0.6 is 11.6 Å². The number of allylic oxidation sites excluding steroid dienone is 1. The van der Waals surface area contributed by atoms with E-state index in [-0.39, 0.29) is 12.6 Å². The highest BCUT2D eigenvalue weighted by Gasteiger charge is 2.12. The van der Waals surface area contributed by atoms with Gasteiger partial charge in [-0.25, -0.2) is 0 Å². The van der Waals surface area contributed by atoms with Crippen molar-refractivity contribution in [2.45, 2.75) is 0 Å². The molecule has 0 atom stereocenters. The van der Waals surface area contributed by atoms with E-state index < -0.39 is 0 Å². The number of ketones is 1. The normalized spacial score (nSPS) is 12.4. The van der Waals surface area contributed by atoms with Gasteiger partial charge in [-0.2, -0.15) is 0 Å². The number of carbonyl (C=O) groups is 1. The lowest BCUT2D eigenvalue weighted by atomic mass is 10.1. The summed E-state index contributed by atoms with van der Waals surface area (Å²) in [5.41, 5.74) is 4.09. The van der Waals surface area contributed by atoms with Crippen molar-refractivity contribution in [3.63, 3.8) is 0 Å². The van der Waals surface area contributed by atoms with Crippen LogP contribution in [0.4, 0.5) is 11.4 Å². The zero-order valence-electron chi connectivity index (χ0n) is 16.3. The second-order valence-corrected chi connectivity index (χ2v) is 7.47. The second kappa shape index (κ2) is 8.13. The molecule has 5 rings (SSSR count). The molecule has 6 heteroatoms. The van der Waals surface area contributed by atoms with Crippen molar-refractivity contribution in [2.75, 3.05) is 12.1 Å². The first-order chi connectivity index (χ1) is 15.2. The number of hydrogen-bond acceptors (Lipinski definition) is 5. The predicted octanol–water partition coefficient (Wildman–Crippen LogP) is 6.26. The Morgan fingerprint density at radius 2 is 1.81 bits per heavy atom. The number of hydrogen-bond donors (Lipinski definition) is 1. The third-order valence-corrected chi connectivity index (χ3v) is 5.21. The van der Waals surface area contributed by atoms with Crippen LogP contribution in [0.15, 0.2) is 79.0 Å². The van der Waals surface area contributed by atoms with Gasteiger partial charge in [0.05, 0.1) is 5.52 Å². The fraction of sp³-hybridized carbons (Fsp3) is 0.0400. The molecule has 0 saturated heterocycles. The monoisotopic (exact) mass is 428 g/mol. The molecule has 4 aromatic rings. The Morgan fingerprint density at radius 3 is 2.68 bits per heavy atom. The van der Waals surface area contributed by atoms with Gasteiger partial charge in [0, 0.05) is 33.5 Å². The van der Waals surface area contributed by atoms with Crippen LogP contribution in [0.3, 0.4) is 0 Å². The maximum absolute atomic E-state index is 12.5. The first-order valence-electron chi connectivity index (χ1n) is 9.69. The summed E-state index contributed by atoms with van der Waals surface area (Å²) in [6.45, 7) is 0.227. The summed E-state index contributed by atoms with van der Waals surface area (Å²) in [6, 6.07) is 20.4. The van der Waals surface area contributed by atoms with Crippen LogP contribution in [-0.2, 0) is 0 Å². The van der Waals surface area contributed by atoms with Crippen molar-refractivity contribution in [2.24, 2.45) is 0 Å². The molecule has 3 aromatic carbocycles. The predicted molar refractivity (Wildman–Crippen MR) is 122 cm³/mol. The minimum Gasteiger partial charge on any atom is -0.454 e. The van der Waals surface area contributed by atoms with Crippen molar-refractivity contribution in [3.05, 3.63) is 95.2 Å². The van der Waals surface area contributed by atoms with Gasteiger partial charge in [0.15, 0.2) is 17.3 Å². The smallest absolute Gasteiger partial charge is 0.231 e. The van der Waals surface area contributed by atoms with E-state index in [0.29, 0.717) is 16.3 Å². The molecule has 1 aliphatic rings. The van der Waals surface area contributed by atoms with Gasteiger partial charge in [0.1, 0.15) is 0 Å². The molecule has 0 bridgehead atoms. The summed E-state index contributed by atoms with van der Waals surface area (Å²) in [4.78, 5) is 16.9. The Bertz CT molecular complexity index is 1320. The number of rotatable bonds is 5. The van der Waals surface area contributed by atoms with Crippen LogP contribution in [0.5, 0.6) is 11.5 Å². The molecular formula is C25H17ClN2O3. The van der Waals surface area contributed by atoms with Gasteiger partial charge in [-0.3, -0.25) is 9.78 Å². The van der Waals surface area contributed by atoms with E-state index in [9.17, 15) is 4.79 Å². The molecule has 152 valence electrons. The fourth-order valence-electron chi connectivity index (χ4n) is 3.39. The highest BCUT2D eigenvalue weighted by molar-refractivity contribution is 6.31. The van der Waals surface area contributed by atoms with Gasteiger partial charge in [-0.1, -0.05) is 23.7 Å². The van der Waals surface area contributed by atoms with Gasteiger partial charge >= 0.3 is 0 Å². The Kier molecular flexibility index (Phi) is 5.02. The summed E-state index contributed by atoms with van der Waals surface area (Å²) in [5, 5.41) is 4.99. The average Bonchev–Trinajstić information content (AvgIpc) is 3.26. The summed E-state index contributed by atoms with van der Waals surface area (Å²) < 4.78 is 10.7. The van der Waals surface area contributed by atoms with E-state index in [0.717, 1.165) is 33.6 Å². The Balaban J connectivity index is 1.30. The van der Waals surface area contributed by atoms with Gasteiger partial charge in [-0.15, -0.1) is 0 Å². The molecule has 0 aliphatic carbocycles. The molecule has 2 heterocycles. The lowest BCUT2D eigenvalue weighted by Crippen LogP contribution is -1.96. The zero-order valence-corrected chi connectivity index (χ0v) is 17.1. The number of pyridine rings is 1. The van der Waals surface area contributed by atoms with Gasteiger partial charge in [-0.05, 0) is 72.3 Å². The molecule has 0 radical (unpaired) electrons. The highest BCUT2D eigenvalue weighted by atomic mass is 35.5. The molecular weight excluding hydrogens is 412 g/mol. The molecule has 0 unspecified atom stereocenters. The van der Waals surface area contributed by atoms with E-state index in [1.165, 1.54) is 0 Å². The number of anilines is 2. The molecule has 0 spiro atoms. The summed E-state index contributed by atoms with van der Waals surface area (Å²) in [5.74, 6) is 1.33. The molecule has 31 heavy (non-hydrogen) atoms. The molecule has 0 fully saturated rings. The molecule has 0 saturated carbocycles. The van der Waals surface area contributed by atoms with Crippen molar-refractivity contribution in [3.8, 4) is 11.5 Å². The number of fused-ring (bicyclic) bond motifs is 2. The van der Waals surface area contributed by atoms with Crippen LogP contribution < -0.4 is 14.8 Å². The number of carbonyl (C=O) groups excluding carboxylic acids is 1. The van der Waals surface area contributed by atoms with Crippen LogP contribution in [0, 0.1) is 0 Å². The third kappa shape index (κ3) is 4.09. The molecule has 1 aliphatic heterocycles. The Hall–Kier alpha value is -3.83. The number of halogens is 1. The summed E-state index contributed by atoms with van der Waals surface area (Å²) in [6.07, 6.45) is 5.06. The highest BCUT2D eigenvalue weighted by Crippen LogP contribution is 2.33. The SMILES string of the molecule is O=C(/C=C/c1ccc2c(c1)OCO2)c1ccc(Nc2ccnc3cc(Cl)ccc23)cc1. The maximum Gasteiger partial charge on any atom is 0.231 e. The zero-order chi connectivity index (χ0) is 21.2. The van der Waals surface area contributed by atoms with Gasteiger partial charge < -0.3 is 14.8 Å². The Labute approximate surface area is 183 Å². The number of aromatic nitrogens is 1. The standard InChI is InChI=1S/C25H17ClN2O3/c26-18-5-8-20-21(11-12-27-22(20)14-18)28-19-6-3-17(4-7-19)23(29)9-1-16-2-10-24-25(13-16)31-15-30-24/h1-14H,15H2,(H,27,28)/b9-1+. The van der Waals surface area contributed by atoms with Crippen LogP contribution in [0.1, 0.15) is 15.9 Å². The lowest BCUT2D eigenvalue weighted by Gasteiger charge is -2.10. The van der Waals surface area contributed by atoms with Gasteiger partial charge in [0.25, 0.3) is 0 Å². The number of ether oxygens (including phenoxy) is 2. The number of nitrogens with one attached hydrogen (secondary N) is 1. The van der Waals surface area contributed by atoms with Gasteiger partial charge in [0.2, 0.25) is 6.79 Å². The maximum atomic E-state index is 12.5. The largest absolute Gasteiger partial charge is 0.454 e. The van der Waals surface area contributed by atoms with Crippen LogP contribution in [-0.4, -0.2) is 17.6 Å². The quantitative estimate of drug-likeness (QED) is 0.300. The van der Waals surface area contributed by atoms with E-state index >= 15 is 0 Å². The van der Waals surface area contributed by atoms with Crippen molar-refractivity contribution in [1.82, 2.24) is 4.98 Å². The van der Waals surface area contributed by atoms with E-state index in [4.69, 9.17) is 21.1 Å². The molecule has 1 aromatic heterocycles. The third-order valence-electron chi connectivity index (χ3n) is 4.98. The number of benzene rings is 3. The average molecular weight is 429 g/mol. The first kappa shape index (κ1) is 19.2. The minimum atomic E-state index is -0.0757. The molecule has 1 N–H and O–H groups in total. The van der Waals surface area contributed by atoms with E-state index in [2.05, 4.69) is 10.3 Å². The lowest BCUT2D eigenvalue weighted by molar-refractivity contribution is 0.104. The van der Waals surface area contributed by atoms with Crippen molar-refractivity contribution in [1.29, 1.82) is 0 Å². The van der Waals surface area contributed by atoms with E-state index in [1.54, 1.807) is 30.5 Å². The second-order valence-electron chi connectivity index (χ2n) is 7.03. The molecule has 0 amide bonds. The van der Waals surface area contributed by atoms with Crippen LogP contribution in [0.25, 0.3) is 17.0 Å². The first-order valence-corrected chi connectivity index (χ1v) is 10.1.